The lowest BCUT2D eigenvalue weighted by Gasteiger charge is -2.26. The number of nitrogens with one attached hydrogen (secondary N) is 1. The van der Waals surface area contributed by atoms with Gasteiger partial charge >= 0.3 is 0 Å². The fraction of sp³-hybridized carbons (Fsp3) is 1.00. The summed E-state index contributed by atoms with van der Waals surface area (Å²) in [5, 5.41) is 3.27. The molecule has 0 amide bonds. The Labute approximate surface area is 70.5 Å². The van der Waals surface area contributed by atoms with Crippen LogP contribution in [0.5, 0.6) is 0 Å². The van der Waals surface area contributed by atoms with Crippen LogP contribution in [0.15, 0.2) is 0 Å². The van der Waals surface area contributed by atoms with E-state index in [1.165, 1.54) is 0 Å². The van der Waals surface area contributed by atoms with Crippen LogP contribution in [0.4, 0.5) is 0 Å². The molecule has 68 valence electrons. The number of hydrogen-bond donors (Lipinski definition) is 2. The minimum atomic E-state index is 0.245. The normalized spacial score (nSPS) is 15.0. The largest absolute Gasteiger partial charge is 0.327 e. The van der Waals surface area contributed by atoms with Gasteiger partial charge in [0.25, 0.3) is 0 Å². The molecule has 0 bridgehead atoms. The molecule has 3 N–H and O–H groups in total. The van der Waals surface area contributed by atoms with Gasteiger partial charge in [-0.05, 0) is 24.9 Å². The Balaban J connectivity index is 3.44. The molecule has 0 spiro atoms. The Kier molecular flexibility index (Phi) is 4.69. The van der Waals surface area contributed by atoms with Crippen LogP contribution in [-0.2, 0) is 0 Å². The lowest BCUT2D eigenvalue weighted by molar-refractivity contribution is 0.303. The van der Waals surface area contributed by atoms with Crippen LogP contribution < -0.4 is 11.1 Å². The highest BCUT2D eigenvalue weighted by molar-refractivity contribution is 4.77. The highest BCUT2D eigenvalue weighted by Gasteiger charge is 2.19. The summed E-state index contributed by atoms with van der Waals surface area (Å²) < 4.78 is 0. The fourth-order valence-corrected chi connectivity index (χ4v) is 0.867. The van der Waals surface area contributed by atoms with Crippen LogP contribution in [0.1, 0.15) is 34.1 Å². The summed E-state index contributed by atoms with van der Waals surface area (Å²) in [5.74, 6) is 0. The van der Waals surface area contributed by atoms with Crippen molar-refractivity contribution in [3.8, 4) is 0 Å². The SMILES string of the molecule is CCNCCC(N)C(C)(C)C. The van der Waals surface area contributed by atoms with Gasteiger partial charge < -0.3 is 11.1 Å². The Morgan fingerprint density at radius 1 is 1.36 bits per heavy atom. The number of rotatable bonds is 4. The highest BCUT2D eigenvalue weighted by Crippen LogP contribution is 2.18. The van der Waals surface area contributed by atoms with E-state index in [2.05, 4.69) is 33.0 Å². The lowest BCUT2D eigenvalue weighted by atomic mass is 9.85. The van der Waals surface area contributed by atoms with Crippen molar-refractivity contribution in [1.29, 1.82) is 0 Å². The average molecular weight is 158 g/mol. The van der Waals surface area contributed by atoms with Crippen molar-refractivity contribution >= 4 is 0 Å². The first-order chi connectivity index (χ1) is 4.98. The van der Waals surface area contributed by atoms with Gasteiger partial charge in [0.2, 0.25) is 0 Å². The van der Waals surface area contributed by atoms with Gasteiger partial charge in [0.15, 0.2) is 0 Å². The molecule has 11 heavy (non-hydrogen) atoms. The van der Waals surface area contributed by atoms with Gasteiger partial charge in [-0.3, -0.25) is 0 Å². The first-order valence-corrected chi connectivity index (χ1v) is 4.44. The van der Waals surface area contributed by atoms with Gasteiger partial charge in [-0.15, -0.1) is 0 Å². The summed E-state index contributed by atoms with van der Waals surface area (Å²) in [6, 6.07) is 0.307. The van der Waals surface area contributed by atoms with Crippen LogP contribution in [0.3, 0.4) is 0 Å². The van der Waals surface area contributed by atoms with Crippen molar-refractivity contribution in [2.75, 3.05) is 13.1 Å². The van der Waals surface area contributed by atoms with Crippen molar-refractivity contribution in [3.05, 3.63) is 0 Å². The molecule has 0 aliphatic heterocycles. The summed E-state index contributed by atoms with van der Waals surface area (Å²) >= 11 is 0. The second-order valence-electron chi connectivity index (χ2n) is 4.11. The van der Waals surface area contributed by atoms with Crippen LogP contribution in [0.2, 0.25) is 0 Å². The van der Waals surface area contributed by atoms with E-state index in [9.17, 15) is 0 Å². The summed E-state index contributed by atoms with van der Waals surface area (Å²) in [5.41, 5.74) is 6.20. The molecule has 2 nitrogen and oxygen atoms in total. The third kappa shape index (κ3) is 5.22. The summed E-state index contributed by atoms with van der Waals surface area (Å²) in [7, 11) is 0. The maximum Gasteiger partial charge on any atom is 0.00997 e. The van der Waals surface area contributed by atoms with E-state index in [4.69, 9.17) is 5.73 Å². The zero-order valence-electron chi connectivity index (χ0n) is 8.28. The van der Waals surface area contributed by atoms with Gasteiger partial charge in [0.05, 0.1) is 0 Å². The van der Waals surface area contributed by atoms with Crippen LogP contribution >= 0.6 is 0 Å². The Bertz CT molecular complexity index is 94.2. The third-order valence-corrected chi connectivity index (χ3v) is 1.99. The summed E-state index contributed by atoms with van der Waals surface area (Å²) in [4.78, 5) is 0. The van der Waals surface area contributed by atoms with Crippen LogP contribution in [-0.4, -0.2) is 19.1 Å². The molecule has 0 aromatic heterocycles. The second-order valence-corrected chi connectivity index (χ2v) is 4.11. The van der Waals surface area contributed by atoms with Gasteiger partial charge in [-0.1, -0.05) is 27.7 Å². The second kappa shape index (κ2) is 4.73. The molecule has 0 aliphatic carbocycles. The maximum atomic E-state index is 5.95. The molecule has 0 fully saturated rings. The van der Waals surface area contributed by atoms with Crippen LogP contribution in [0, 0.1) is 5.41 Å². The molecule has 1 atom stereocenters. The third-order valence-electron chi connectivity index (χ3n) is 1.99. The van der Waals surface area contributed by atoms with Gasteiger partial charge in [-0.2, -0.15) is 0 Å². The number of hydrogen-bond acceptors (Lipinski definition) is 2. The van der Waals surface area contributed by atoms with E-state index < -0.39 is 0 Å². The molecule has 0 rings (SSSR count). The molecule has 0 heterocycles. The van der Waals surface area contributed by atoms with E-state index in [0.717, 1.165) is 19.5 Å². The molecule has 0 aliphatic rings. The number of nitrogens with two attached hydrogens (primary N) is 1. The molecular weight excluding hydrogens is 136 g/mol. The van der Waals surface area contributed by atoms with E-state index >= 15 is 0 Å². The fourth-order valence-electron chi connectivity index (χ4n) is 0.867. The molecular formula is C9H22N2. The molecule has 0 aromatic carbocycles. The maximum absolute atomic E-state index is 5.95. The Morgan fingerprint density at radius 2 is 1.91 bits per heavy atom. The predicted molar refractivity (Wildman–Crippen MR) is 50.6 cm³/mol. The molecule has 0 aromatic rings. The monoisotopic (exact) mass is 158 g/mol. The summed E-state index contributed by atoms with van der Waals surface area (Å²) in [6.45, 7) is 10.7. The average Bonchev–Trinajstić information content (AvgIpc) is 1.86. The standard InChI is InChI=1S/C9H22N2/c1-5-11-7-6-8(10)9(2,3)4/h8,11H,5-7,10H2,1-4H3. The first-order valence-electron chi connectivity index (χ1n) is 4.44. The van der Waals surface area contributed by atoms with Crippen molar-refractivity contribution in [3.63, 3.8) is 0 Å². The van der Waals surface area contributed by atoms with Gasteiger partial charge in [-0.25, -0.2) is 0 Å². The molecule has 1 unspecified atom stereocenters. The van der Waals surface area contributed by atoms with Crippen molar-refractivity contribution in [2.24, 2.45) is 11.1 Å². The molecule has 2 heteroatoms. The molecule has 0 saturated carbocycles. The smallest absolute Gasteiger partial charge is 0.00997 e. The lowest BCUT2D eigenvalue weighted by Crippen LogP contribution is -2.37. The Hall–Kier alpha value is -0.0800. The van der Waals surface area contributed by atoms with Crippen molar-refractivity contribution < 1.29 is 0 Å². The van der Waals surface area contributed by atoms with E-state index in [0.29, 0.717) is 6.04 Å². The van der Waals surface area contributed by atoms with Crippen LogP contribution in [0.25, 0.3) is 0 Å². The summed E-state index contributed by atoms with van der Waals surface area (Å²) in [6.07, 6.45) is 1.07. The first kappa shape index (κ1) is 10.9. The van der Waals surface area contributed by atoms with Crippen molar-refractivity contribution in [1.82, 2.24) is 5.32 Å². The highest BCUT2D eigenvalue weighted by atomic mass is 14.8. The molecule has 0 saturated heterocycles. The van der Waals surface area contributed by atoms with E-state index in [1.54, 1.807) is 0 Å². The van der Waals surface area contributed by atoms with E-state index in [-0.39, 0.29) is 5.41 Å². The zero-order valence-corrected chi connectivity index (χ0v) is 8.28. The van der Waals surface area contributed by atoms with Crippen molar-refractivity contribution in [2.45, 2.75) is 40.2 Å². The minimum absolute atomic E-state index is 0.245. The van der Waals surface area contributed by atoms with Gasteiger partial charge in [0.1, 0.15) is 0 Å². The quantitative estimate of drug-likeness (QED) is 0.606. The topological polar surface area (TPSA) is 38.0 Å². The Morgan fingerprint density at radius 3 is 2.27 bits per heavy atom. The predicted octanol–water partition coefficient (Wildman–Crippen LogP) is 1.36. The molecule has 0 radical (unpaired) electrons. The zero-order chi connectivity index (χ0) is 8.91. The minimum Gasteiger partial charge on any atom is -0.327 e. The van der Waals surface area contributed by atoms with Gasteiger partial charge in [0, 0.05) is 6.04 Å². The van der Waals surface area contributed by atoms with E-state index in [1.807, 2.05) is 0 Å².